The number of anilines is 1. The summed E-state index contributed by atoms with van der Waals surface area (Å²) in [6.07, 6.45) is -4.28. The van der Waals surface area contributed by atoms with Crippen molar-refractivity contribution >= 4 is 43.8 Å². The molecule has 0 amide bonds. The minimum atomic E-state index is -4.85. The van der Waals surface area contributed by atoms with Gasteiger partial charge in [-0.05, 0) is 22.7 Å². The first-order valence-corrected chi connectivity index (χ1v) is 17.6. The highest BCUT2D eigenvalue weighted by molar-refractivity contribution is 7.70. The van der Waals surface area contributed by atoms with Crippen LogP contribution in [-0.2, 0) is 18.4 Å². The second kappa shape index (κ2) is 12.2. The second-order valence-electron chi connectivity index (χ2n) is 10.9. The summed E-state index contributed by atoms with van der Waals surface area (Å²) in [4.78, 5) is 43.3. The molecule has 7 atom stereocenters. The van der Waals surface area contributed by atoms with Crippen LogP contribution in [0.4, 0.5) is 5.82 Å². The minimum absolute atomic E-state index is 0.0692. The maximum absolute atomic E-state index is 12.1. The van der Waals surface area contributed by atoms with E-state index in [0.717, 1.165) is 0 Å². The summed E-state index contributed by atoms with van der Waals surface area (Å²) in [5.41, 5.74) is 2.99. The fourth-order valence-corrected chi connectivity index (χ4v) is 8.62. The number of aliphatic hydroxyl groups excluding tert-OH is 2. The van der Waals surface area contributed by atoms with Gasteiger partial charge in [-0.3, -0.25) is 13.7 Å². The molecule has 17 heteroatoms. The third kappa shape index (κ3) is 6.47. The average Bonchev–Trinajstić information content (AvgIpc) is 3.68. The molecule has 2 saturated heterocycles. The van der Waals surface area contributed by atoms with Crippen LogP contribution in [-0.4, -0.2) is 88.3 Å². The van der Waals surface area contributed by atoms with Gasteiger partial charge in [-0.1, -0.05) is 60.7 Å². The molecular formula is C27H30ClN5O9P2. The molecule has 0 radical (unpaired) electrons. The van der Waals surface area contributed by atoms with Crippen LogP contribution in [0.5, 0.6) is 0 Å². The molecule has 2 fully saturated rings. The maximum Gasteiger partial charge on any atom is 0.340 e. The fraction of sp³-hybridized carbons (Fsp3) is 0.370. The molecule has 2 aromatic heterocycles. The molecule has 0 spiro atoms. The molecule has 0 bridgehead atoms. The zero-order chi connectivity index (χ0) is 31.2. The van der Waals surface area contributed by atoms with Gasteiger partial charge in [0.05, 0.1) is 12.9 Å². The summed E-state index contributed by atoms with van der Waals surface area (Å²) in [5.74, 6) is -0.613. The Morgan fingerprint density at radius 2 is 1.50 bits per heavy atom. The zero-order valence-electron chi connectivity index (χ0n) is 23.0. The van der Waals surface area contributed by atoms with E-state index in [2.05, 4.69) is 44.1 Å². The smallest absolute Gasteiger partial charge is 0.340 e. The molecule has 4 heterocycles. The van der Waals surface area contributed by atoms with E-state index in [9.17, 15) is 24.2 Å². The summed E-state index contributed by atoms with van der Waals surface area (Å²) in [7, 11) is -9.56. The lowest BCUT2D eigenvalue weighted by Crippen LogP contribution is -2.33. The predicted octanol–water partition coefficient (Wildman–Crippen LogP) is 2.82. The first kappa shape index (κ1) is 31.3. The number of nitrogens with zero attached hydrogens (tertiary/aromatic N) is 5. The largest absolute Gasteiger partial charge is 0.387 e. The third-order valence-electron chi connectivity index (χ3n) is 7.87. The summed E-state index contributed by atoms with van der Waals surface area (Å²) in [6.45, 7) is 0.524. The van der Waals surface area contributed by atoms with Crippen molar-refractivity contribution in [1.29, 1.82) is 0 Å². The molecule has 5 N–H and O–H groups in total. The Bertz CT molecular complexity index is 1680. The van der Waals surface area contributed by atoms with Gasteiger partial charge in [0, 0.05) is 24.9 Å². The first-order chi connectivity index (χ1) is 20.9. The summed E-state index contributed by atoms with van der Waals surface area (Å²) in [6, 6.07) is 20.4. The number of aromatic nitrogens is 4. The molecule has 2 aliphatic rings. The third-order valence-corrected chi connectivity index (χ3v) is 11.5. The Morgan fingerprint density at radius 3 is 2.07 bits per heavy atom. The predicted molar refractivity (Wildman–Crippen MR) is 160 cm³/mol. The highest BCUT2D eigenvalue weighted by Crippen LogP contribution is 2.55. The highest BCUT2D eigenvalue weighted by Gasteiger charge is 2.46. The molecule has 0 aliphatic carbocycles. The van der Waals surface area contributed by atoms with Crippen molar-refractivity contribution in [2.75, 3.05) is 30.5 Å². The van der Waals surface area contributed by atoms with Crippen molar-refractivity contribution in [3.8, 4) is 0 Å². The van der Waals surface area contributed by atoms with Crippen molar-refractivity contribution in [3.63, 3.8) is 0 Å². The van der Waals surface area contributed by atoms with Crippen LogP contribution in [0.1, 0.15) is 29.2 Å². The van der Waals surface area contributed by atoms with E-state index in [4.69, 9.17) is 30.6 Å². The number of halogens is 1. The molecule has 14 nitrogen and oxygen atoms in total. The zero-order valence-corrected chi connectivity index (χ0v) is 25.6. The highest BCUT2D eigenvalue weighted by atomic mass is 35.5. The first-order valence-electron chi connectivity index (χ1n) is 13.7. The van der Waals surface area contributed by atoms with Crippen LogP contribution in [0.15, 0.2) is 67.0 Å². The van der Waals surface area contributed by atoms with Crippen LogP contribution in [0.3, 0.4) is 0 Å². The van der Waals surface area contributed by atoms with Gasteiger partial charge in [0.1, 0.15) is 18.3 Å². The minimum Gasteiger partial charge on any atom is -0.387 e. The number of imidazole rings is 1. The van der Waals surface area contributed by atoms with E-state index in [0.29, 0.717) is 24.4 Å². The summed E-state index contributed by atoms with van der Waals surface area (Å²) < 4.78 is 35.2. The van der Waals surface area contributed by atoms with Crippen molar-refractivity contribution in [2.45, 2.75) is 36.4 Å². The summed E-state index contributed by atoms with van der Waals surface area (Å²) in [5, 5.41) is 21.4. The number of ether oxygens (including phenoxy) is 1. The molecule has 4 aromatic rings. The van der Waals surface area contributed by atoms with Gasteiger partial charge in [-0.25, -0.2) is 4.98 Å². The molecule has 6 rings (SSSR count). The van der Waals surface area contributed by atoms with Gasteiger partial charge < -0.3 is 39.1 Å². The van der Waals surface area contributed by atoms with Crippen LogP contribution in [0, 0.1) is 0 Å². The monoisotopic (exact) mass is 665 g/mol. The van der Waals surface area contributed by atoms with Crippen molar-refractivity contribution < 1.29 is 43.3 Å². The summed E-state index contributed by atoms with van der Waals surface area (Å²) >= 11 is 6.41. The van der Waals surface area contributed by atoms with Crippen LogP contribution < -0.4 is 4.90 Å². The van der Waals surface area contributed by atoms with Gasteiger partial charge in [0.2, 0.25) is 5.28 Å². The molecule has 2 aliphatic heterocycles. The average molecular weight is 666 g/mol. The Kier molecular flexibility index (Phi) is 8.68. The van der Waals surface area contributed by atoms with Gasteiger partial charge in [0.25, 0.3) is 0 Å². The van der Waals surface area contributed by atoms with E-state index in [-0.39, 0.29) is 22.8 Å². The number of hydrogen-bond acceptors (Lipinski definition) is 10. The van der Waals surface area contributed by atoms with E-state index in [1.165, 1.54) is 22.0 Å². The lowest BCUT2D eigenvalue weighted by molar-refractivity contribution is -0.0483. The van der Waals surface area contributed by atoms with Crippen LogP contribution in [0.2, 0.25) is 5.28 Å². The van der Waals surface area contributed by atoms with E-state index >= 15 is 0 Å². The topological polar surface area (TPSA) is 201 Å². The number of rotatable bonds is 9. The lowest BCUT2D eigenvalue weighted by atomic mass is 9.84. The van der Waals surface area contributed by atoms with Crippen molar-refractivity contribution in [3.05, 3.63) is 83.4 Å². The van der Waals surface area contributed by atoms with E-state index in [1.54, 1.807) is 0 Å². The molecule has 0 saturated carbocycles. The number of benzene rings is 2. The molecule has 2 aromatic carbocycles. The Balaban J connectivity index is 1.28. The SMILES string of the molecule is O=P(O)(O)CP(=O)(O)OC[C@H]1O[C@@H](n2cnc3c(N4CC(c5ccccc5)C(c5ccccc5)C4)nc(Cl)nc32)C(O)[C@H]1O. The molecule has 4 unspecified atom stereocenters. The Morgan fingerprint density at radius 1 is 0.909 bits per heavy atom. The van der Waals surface area contributed by atoms with Gasteiger partial charge >= 0.3 is 15.2 Å². The standard InChI is InChI=1S/C27H30ClN5O9P2/c28-27-30-24(32-11-18(16-7-3-1-4-8-16)19(12-32)17-9-5-2-6-10-17)21-25(31-27)33(14-29-21)26-23(35)22(34)20(42-26)13-41-44(39,40)15-43(36,37)38/h1-10,14,18-20,22-23,26,34-35H,11-13,15H2,(H,39,40)(H2,36,37,38)/t18?,19?,20-,22+,23?,26-/m1/s1. The Labute approximate surface area is 256 Å². The number of hydrogen-bond donors (Lipinski definition) is 5. The molecule has 234 valence electrons. The fourth-order valence-electron chi connectivity index (χ4n) is 5.90. The molecular weight excluding hydrogens is 636 g/mol. The van der Waals surface area contributed by atoms with E-state index < -0.39 is 52.2 Å². The number of fused-ring (bicyclic) bond motifs is 1. The van der Waals surface area contributed by atoms with Gasteiger partial charge in [0.15, 0.2) is 29.1 Å². The second-order valence-corrected chi connectivity index (χ2v) is 15.2. The van der Waals surface area contributed by atoms with Gasteiger partial charge in [-0.2, -0.15) is 9.97 Å². The normalized spacial score (nSPS) is 27.2. The quantitative estimate of drug-likeness (QED) is 0.129. The van der Waals surface area contributed by atoms with Gasteiger partial charge in [-0.15, -0.1) is 0 Å². The van der Waals surface area contributed by atoms with Crippen LogP contribution >= 0.6 is 26.8 Å². The van der Waals surface area contributed by atoms with E-state index in [1.807, 2.05) is 36.4 Å². The lowest BCUT2D eigenvalue weighted by Gasteiger charge is -2.19. The Hall–Kier alpha value is -2.74. The van der Waals surface area contributed by atoms with Crippen molar-refractivity contribution in [1.82, 2.24) is 19.5 Å². The number of aliphatic hydroxyl groups is 2. The molecule has 44 heavy (non-hydrogen) atoms. The van der Waals surface area contributed by atoms with Crippen molar-refractivity contribution in [2.24, 2.45) is 0 Å². The van der Waals surface area contributed by atoms with Crippen LogP contribution in [0.25, 0.3) is 11.2 Å². The maximum atomic E-state index is 12.1.